The lowest BCUT2D eigenvalue weighted by Crippen LogP contribution is -2.54. The molecule has 3 rings (SSSR count). The Bertz CT molecular complexity index is 926. The molecule has 0 aliphatic carbocycles. The van der Waals surface area contributed by atoms with Crippen LogP contribution < -0.4 is 10.2 Å². The minimum Gasteiger partial charge on any atom is -0.464 e. The first-order chi connectivity index (χ1) is 13.3. The molecular weight excluding hydrogens is 362 g/mol. The van der Waals surface area contributed by atoms with Crippen molar-refractivity contribution in [2.45, 2.75) is 25.8 Å². The first-order valence-electron chi connectivity index (χ1n) is 8.87. The van der Waals surface area contributed by atoms with Crippen LogP contribution in [-0.2, 0) is 20.7 Å². The van der Waals surface area contributed by atoms with E-state index >= 15 is 0 Å². The summed E-state index contributed by atoms with van der Waals surface area (Å²) in [6.45, 7) is 3.77. The summed E-state index contributed by atoms with van der Waals surface area (Å²) in [5.74, 6) is -0.703. The van der Waals surface area contributed by atoms with Crippen molar-refractivity contribution in [1.82, 2.24) is 0 Å². The smallest absolute Gasteiger partial charge is 0.310 e. The Kier molecular flexibility index (Phi) is 5.30. The van der Waals surface area contributed by atoms with Crippen molar-refractivity contribution >= 4 is 28.9 Å². The fourth-order valence-corrected chi connectivity index (χ4v) is 3.17. The number of carbonyl (C=O) groups is 2. The number of hydrogen-bond donors (Lipinski definition) is 1. The second kappa shape index (κ2) is 7.67. The molecule has 146 valence electrons. The minimum absolute atomic E-state index is 0.00435. The van der Waals surface area contributed by atoms with Crippen molar-refractivity contribution in [2.24, 2.45) is 0 Å². The molecule has 0 saturated carbocycles. The van der Waals surface area contributed by atoms with Crippen LogP contribution in [-0.4, -0.2) is 35.5 Å². The molecule has 1 aliphatic rings. The van der Waals surface area contributed by atoms with E-state index < -0.39 is 16.4 Å². The minimum atomic E-state index is -0.775. The number of para-hydroxylation sites is 3. The average molecular weight is 383 g/mol. The van der Waals surface area contributed by atoms with Crippen LogP contribution in [0.3, 0.4) is 0 Å². The van der Waals surface area contributed by atoms with Gasteiger partial charge in [0.2, 0.25) is 0 Å². The Balaban J connectivity index is 1.64. The third kappa shape index (κ3) is 3.95. The van der Waals surface area contributed by atoms with E-state index in [1.165, 1.54) is 12.1 Å². The molecular formula is C20H21N3O5. The maximum atomic E-state index is 12.7. The standard InChI is InChI=1S/C20H21N3O5/c1-20(2)19(25)22(17-10-6-4-8-15(17)21-20)11-12-28-18(24)13-14-7-3-5-9-16(14)23(26)27/h3-10,21H,11-13H2,1-2H3. The largest absolute Gasteiger partial charge is 0.464 e. The van der Waals surface area contributed by atoms with E-state index in [0.717, 1.165) is 11.4 Å². The number of rotatable bonds is 6. The van der Waals surface area contributed by atoms with E-state index in [0.29, 0.717) is 5.56 Å². The number of esters is 1. The van der Waals surface area contributed by atoms with Crippen LogP contribution in [0.1, 0.15) is 19.4 Å². The highest BCUT2D eigenvalue weighted by Crippen LogP contribution is 2.34. The number of nitrogens with one attached hydrogen (secondary N) is 1. The topological polar surface area (TPSA) is 102 Å². The van der Waals surface area contributed by atoms with Gasteiger partial charge in [-0.05, 0) is 26.0 Å². The van der Waals surface area contributed by atoms with Crippen LogP contribution >= 0.6 is 0 Å². The summed E-state index contributed by atoms with van der Waals surface area (Å²) >= 11 is 0. The summed E-state index contributed by atoms with van der Waals surface area (Å²) in [4.78, 5) is 37.0. The van der Waals surface area contributed by atoms with Gasteiger partial charge in [0, 0.05) is 11.6 Å². The van der Waals surface area contributed by atoms with E-state index in [-0.39, 0.29) is 31.2 Å². The summed E-state index contributed by atoms with van der Waals surface area (Å²) in [7, 11) is 0. The molecule has 1 amide bonds. The summed E-state index contributed by atoms with van der Waals surface area (Å²) in [6.07, 6.45) is -0.200. The first kappa shape index (κ1) is 19.3. The van der Waals surface area contributed by atoms with Gasteiger partial charge in [-0.15, -0.1) is 0 Å². The normalized spacial score (nSPS) is 14.8. The third-order valence-corrected chi connectivity index (χ3v) is 4.52. The van der Waals surface area contributed by atoms with Gasteiger partial charge in [0.15, 0.2) is 0 Å². The summed E-state index contributed by atoms with van der Waals surface area (Å²) in [6, 6.07) is 13.5. The van der Waals surface area contributed by atoms with Crippen LogP contribution in [0.5, 0.6) is 0 Å². The number of hydrogen-bond acceptors (Lipinski definition) is 6. The maximum absolute atomic E-state index is 12.7. The van der Waals surface area contributed by atoms with Crippen LogP contribution in [0.4, 0.5) is 17.1 Å². The van der Waals surface area contributed by atoms with Crippen molar-refractivity contribution in [3.8, 4) is 0 Å². The number of fused-ring (bicyclic) bond motifs is 1. The number of anilines is 2. The number of amides is 1. The molecule has 0 saturated heterocycles. The lowest BCUT2D eigenvalue weighted by Gasteiger charge is -2.39. The highest BCUT2D eigenvalue weighted by atomic mass is 16.6. The second-order valence-corrected chi connectivity index (χ2v) is 7.01. The fourth-order valence-electron chi connectivity index (χ4n) is 3.17. The van der Waals surface area contributed by atoms with E-state index in [2.05, 4.69) is 5.32 Å². The van der Waals surface area contributed by atoms with E-state index in [9.17, 15) is 19.7 Å². The van der Waals surface area contributed by atoms with Crippen molar-refractivity contribution < 1.29 is 19.2 Å². The van der Waals surface area contributed by atoms with E-state index in [1.807, 2.05) is 24.3 Å². The Morgan fingerprint density at radius 1 is 1.18 bits per heavy atom. The molecule has 0 spiro atoms. The lowest BCUT2D eigenvalue weighted by atomic mass is 9.98. The molecule has 8 nitrogen and oxygen atoms in total. The van der Waals surface area contributed by atoms with Gasteiger partial charge in [-0.1, -0.05) is 30.3 Å². The summed E-state index contributed by atoms with van der Waals surface area (Å²) in [5.41, 5.74) is 0.956. The molecule has 0 fully saturated rings. The SMILES string of the molecule is CC1(C)Nc2ccccc2N(CCOC(=O)Cc2ccccc2[N+](=O)[O-])C1=O. The van der Waals surface area contributed by atoms with Crippen LogP contribution in [0.15, 0.2) is 48.5 Å². The molecule has 2 aromatic carbocycles. The van der Waals surface area contributed by atoms with Crippen molar-refractivity contribution in [3.63, 3.8) is 0 Å². The van der Waals surface area contributed by atoms with Crippen molar-refractivity contribution in [3.05, 3.63) is 64.2 Å². The van der Waals surface area contributed by atoms with E-state index in [4.69, 9.17) is 4.74 Å². The third-order valence-electron chi connectivity index (χ3n) is 4.52. The predicted octanol–water partition coefficient (Wildman–Crippen LogP) is 2.92. The van der Waals surface area contributed by atoms with Gasteiger partial charge in [0.1, 0.15) is 12.1 Å². The van der Waals surface area contributed by atoms with E-state index in [1.54, 1.807) is 30.9 Å². The zero-order valence-corrected chi connectivity index (χ0v) is 15.7. The number of nitrogens with zero attached hydrogens (tertiary/aromatic N) is 2. The van der Waals surface area contributed by atoms with Gasteiger partial charge in [0.25, 0.3) is 11.6 Å². The molecule has 0 bridgehead atoms. The zero-order valence-electron chi connectivity index (χ0n) is 15.7. The molecule has 0 atom stereocenters. The van der Waals surface area contributed by atoms with Crippen LogP contribution in [0.25, 0.3) is 0 Å². The van der Waals surface area contributed by atoms with Gasteiger partial charge in [0.05, 0.1) is 29.3 Å². The molecule has 0 radical (unpaired) electrons. The number of benzene rings is 2. The van der Waals surface area contributed by atoms with Crippen molar-refractivity contribution in [2.75, 3.05) is 23.4 Å². The highest BCUT2D eigenvalue weighted by Gasteiger charge is 2.38. The monoisotopic (exact) mass is 383 g/mol. The van der Waals surface area contributed by atoms with Crippen LogP contribution in [0.2, 0.25) is 0 Å². The van der Waals surface area contributed by atoms with Gasteiger partial charge in [-0.25, -0.2) is 0 Å². The quantitative estimate of drug-likeness (QED) is 0.467. The summed E-state index contributed by atoms with van der Waals surface area (Å²) in [5, 5.41) is 14.2. The Morgan fingerprint density at radius 2 is 1.86 bits per heavy atom. The molecule has 0 unspecified atom stereocenters. The second-order valence-electron chi connectivity index (χ2n) is 7.01. The number of ether oxygens (including phenoxy) is 1. The van der Waals surface area contributed by atoms with Gasteiger partial charge in [-0.3, -0.25) is 19.7 Å². The molecule has 28 heavy (non-hydrogen) atoms. The average Bonchev–Trinajstić information content (AvgIpc) is 2.65. The fraction of sp³-hybridized carbons (Fsp3) is 0.300. The number of nitro groups is 1. The maximum Gasteiger partial charge on any atom is 0.310 e. The Hall–Kier alpha value is -3.42. The summed E-state index contributed by atoms with van der Waals surface area (Å²) < 4.78 is 5.24. The number of carbonyl (C=O) groups excluding carboxylic acids is 2. The molecule has 2 aromatic rings. The zero-order chi connectivity index (χ0) is 20.3. The highest BCUT2D eigenvalue weighted by molar-refractivity contribution is 6.07. The lowest BCUT2D eigenvalue weighted by molar-refractivity contribution is -0.385. The Labute approximate surface area is 162 Å². The van der Waals surface area contributed by atoms with Crippen molar-refractivity contribution in [1.29, 1.82) is 0 Å². The first-order valence-corrected chi connectivity index (χ1v) is 8.87. The van der Waals surface area contributed by atoms with Gasteiger partial charge >= 0.3 is 5.97 Å². The number of nitro benzene ring substituents is 1. The molecule has 0 aromatic heterocycles. The van der Waals surface area contributed by atoms with Gasteiger partial charge < -0.3 is 15.0 Å². The Morgan fingerprint density at radius 3 is 2.61 bits per heavy atom. The molecule has 1 heterocycles. The van der Waals surface area contributed by atoms with Gasteiger partial charge in [-0.2, -0.15) is 0 Å². The predicted molar refractivity (Wildman–Crippen MR) is 104 cm³/mol. The molecule has 1 N–H and O–H groups in total. The molecule has 1 aliphatic heterocycles. The van der Waals surface area contributed by atoms with Crippen LogP contribution in [0, 0.1) is 10.1 Å². The molecule has 8 heteroatoms.